The van der Waals surface area contributed by atoms with Gasteiger partial charge in [-0.25, -0.2) is 4.39 Å². The Bertz CT molecular complexity index is 728. The summed E-state index contributed by atoms with van der Waals surface area (Å²) in [5.74, 6) is -2.12. The number of rotatable bonds is 8. The highest BCUT2D eigenvalue weighted by atomic mass is 19.1. The third-order valence-corrected chi connectivity index (χ3v) is 4.01. The summed E-state index contributed by atoms with van der Waals surface area (Å²) in [6.07, 6.45) is 1.10. The van der Waals surface area contributed by atoms with Gasteiger partial charge >= 0.3 is 5.97 Å². The summed E-state index contributed by atoms with van der Waals surface area (Å²) in [5.41, 5.74) is 2.88. The number of aliphatic carboxylic acids is 1. The lowest BCUT2D eigenvalue weighted by atomic mass is 9.98. The van der Waals surface area contributed by atoms with Gasteiger partial charge < -0.3 is 10.4 Å². The minimum absolute atomic E-state index is 0.0888. The highest BCUT2D eigenvalue weighted by molar-refractivity contribution is 5.77. The Hall–Kier alpha value is -2.69. The van der Waals surface area contributed by atoms with Gasteiger partial charge in [-0.15, -0.1) is 0 Å². The molecule has 0 radical (unpaired) electrons. The molecule has 0 spiro atoms. The Morgan fingerprint density at radius 3 is 2.48 bits per heavy atom. The Morgan fingerprint density at radius 2 is 1.84 bits per heavy atom. The highest BCUT2D eigenvalue weighted by Crippen LogP contribution is 2.11. The molecule has 25 heavy (non-hydrogen) atoms. The van der Waals surface area contributed by atoms with Gasteiger partial charge in [0.25, 0.3) is 0 Å². The molecule has 5 heteroatoms. The van der Waals surface area contributed by atoms with Crippen molar-refractivity contribution in [3.05, 3.63) is 71.0 Å². The molecule has 4 nitrogen and oxygen atoms in total. The van der Waals surface area contributed by atoms with Gasteiger partial charge in [0.05, 0.1) is 5.92 Å². The lowest BCUT2D eigenvalue weighted by Crippen LogP contribution is -2.34. The molecule has 1 amide bonds. The van der Waals surface area contributed by atoms with Crippen LogP contribution < -0.4 is 5.32 Å². The van der Waals surface area contributed by atoms with E-state index in [0.717, 1.165) is 16.7 Å². The van der Waals surface area contributed by atoms with Gasteiger partial charge in [0.15, 0.2) is 0 Å². The van der Waals surface area contributed by atoms with Crippen molar-refractivity contribution >= 4 is 11.9 Å². The van der Waals surface area contributed by atoms with Crippen molar-refractivity contribution in [2.75, 3.05) is 6.54 Å². The zero-order chi connectivity index (χ0) is 18.2. The van der Waals surface area contributed by atoms with E-state index in [1.54, 1.807) is 12.1 Å². The second-order valence-corrected chi connectivity index (χ2v) is 6.16. The molecule has 1 atom stereocenters. The zero-order valence-corrected chi connectivity index (χ0v) is 14.2. The Kier molecular flexibility index (Phi) is 6.69. The number of aryl methyl sites for hydroxylation is 2. The second-order valence-electron chi connectivity index (χ2n) is 6.16. The number of benzene rings is 2. The summed E-state index contributed by atoms with van der Waals surface area (Å²) in [5, 5.41) is 12.1. The first kappa shape index (κ1) is 18.6. The molecule has 2 N–H and O–H groups in total. The van der Waals surface area contributed by atoms with Crippen LogP contribution in [-0.4, -0.2) is 23.5 Å². The van der Waals surface area contributed by atoms with Crippen LogP contribution in [0.3, 0.4) is 0 Å². The summed E-state index contributed by atoms with van der Waals surface area (Å²) in [7, 11) is 0. The topological polar surface area (TPSA) is 66.4 Å². The minimum Gasteiger partial charge on any atom is -0.481 e. The van der Waals surface area contributed by atoms with Crippen LogP contribution in [0.2, 0.25) is 0 Å². The Labute approximate surface area is 146 Å². The molecule has 0 aliphatic carbocycles. The number of amides is 1. The van der Waals surface area contributed by atoms with Crippen molar-refractivity contribution in [1.29, 1.82) is 0 Å². The summed E-state index contributed by atoms with van der Waals surface area (Å²) >= 11 is 0. The van der Waals surface area contributed by atoms with Crippen LogP contribution in [0.15, 0.2) is 48.5 Å². The van der Waals surface area contributed by atoms with Gasteiger partial charge in [-0.3, -0.25) is 9.59 Å². The van der Waals surface area contributed by atoms with E-state index in [-0.39, 0.29) is 24.7 Å². The number of halogens is 1. The maximum Gasteiger partial charge on any atom is 0.308 e. The van der Waals surface area contributed by atoms with Crippen LogP contribution in [0.4, 0.5) is 4.39 Å². The number of hydrogen-bond donors (Lipinski definition) is 2. The van der Waals surface area contributed by atoms with Crippen molar-refractivity contribution in [3.63, 3.8) is 0 Å². The second kappa shape index (κ2) is 8.97. The number of carbonyl (C=O) groups is 2. The first-order chi connectivity index (χ1) is 11.9. The van der Waals surface area contributed by atoms with Crippen molar-refractivity contribution in [2.24, 2.45) is 5.92 Å². The van der Waals surface area contributed by atoms with E-state index in [2.05, 4.69) is 5.32 Å². The average Bonchev–Trinajstić information content (AvgIpc) is 2.58. The largest absolute Gasteiger partial charge is 0.481 e. The number of nitrogens with one attached hydrogen (secondary N) is 1. The maximum atomic E-state index is 12.8. The standard InChI is InChI=1S/C20H22FNO3/c1-14-3-2-4-16(11-14)12-17(20(24)25)13-22-19(23)10-7-15-5-8-18(21)9-6-15/h2-6,8-9,11,17H,7,10,12-13H2,1H3,(H,22,23)(H,24,25). The van der Waals surface area contributed by atoms with Crippen LogP contribution in [0.5, 0.6) is 0 Å². The first-order valence-electron chi connectivity index (χ1n) is 8.23. The molecule has 0 saturated heterocycles. The normalized spacial score (nSPS) is 11.8. The van der Waals surface area contributed by atoms with E-state index in [0.29, 0.717) is 12.8 Å². The fourth-order valence-electron chi connectivity index (χ4n) is 2.60. The predicted molar refractivity (Wildman–Crippen MR) is 93.7 cm³/mol. The lowest BCUT2D eigenvalue weighted by molar-refractivity contribution is -0.141. The van der Waals surface area contributed by atoms with Gasteiger partial charge in [0.1, 0.15) is 5.82 Å². The molecule has 0 bridgehead atoms. The molecule has 2 aromatic rings. The van der Waals surface area contributed by atoms with Crippen LogP contribution in [0.25, 0.3) is 0 Å². The monoisotopic (exact) mass is 343 g/mol. The van der Waals surface area contributed by atoms with Crippen LogP contribution >= 0.6 is 0 Å². The van der Waals surface area contributed by atoms with E-state index >= 15 is 0 Å². The smallest absolute Gasteiger partial charge is 0.308 e. The Balaban J connectivity index is 1.82. The third kappa shape index (κ3) is 6.37. The minimum atomic E-state index is -0.930. The van der Waals surface area contributed by atoms with Crippen molar-refractivity contribution in [2.45, 2.75) is 26.2 Å². The SMILES string of the molecule is Cc1cccc(CC(CNC(=O)CCc2ccc(F)cc2)C(=O)O)c1. The summed E-state index contributed by atoms with van der Waals surface area (Å²) in [6.45, 7) is 2.04. The first-order valence-corrected chi connectivity index (χ1v) is 8.23. The van der Waals surface area contributed by atoms with Gasteiger partial charge in [0.2, 0.25) is 5.91 Å². The molecule has 2 aromatic carbocycles. The van der Waals surface area contributed by atoms with Gasteiger partial charge in [-0.1, -0.05) is 42.0 Å². The molecule has 2 rings (SSSR count). The molecule has 0 aliphatic heterocycles. The summed E-state index contributed by atoms with van der Waals surface area (Å²) in [4.78, 5) is 23.4. The summed E-state index contributed by atoms with van der Waals surface area (Å²) < 4.78 is 12.8. The maximum absolute atomic E-state index is 12.8. The molecule has 0 saturated carbocycles. The van der Waals surface area contributed by atoms with E-state index in [9.17, 15) is 19.1 Å². The number of hydrogen-bond acceptors (Lipinski definition) is 2. The predicted octanol–water partition coefficient (Wildman–Crippen LogP) is 3.13. The van der Waals surface area contributed by atoms with E-state index in [4.69, 9.17) is 0 Å². The number of carboxylic acids is 1. The molecule has 0 heterocycles. The quantitative estimate of drug-likeness (QED) is 0.774. The molecule has 132 valence electrons. The number of carboxylic acid groups (broad SMARTS) is 1. The van der Waals surface area contributed by atoms with Crippen LogP contribution in [0.1, 0.15) is 23.1 Å². The van der Waals surface area contributed by atoms with E-state index in [1.807, 2.05) is 31.2 Å². The highest BCUT2D eigenvalue weighted by Gasteiger charge is 2.19. The van der Waals surface area contributed by atoms with Crippen molar-refractivity contribution in [1.82, 2.24) is 5.32 Å². The van der Waals surface area contributed by atoms with Crippen molar-refractivity contribution in [3.8, 4) is 0 Å². The molecule has 0 fully saturated rings. The van der Waals surface area contributed by atoms with E-state index < -0.39 is 11.9 Å². The number of carbonyl (C=O) groups excluding carboxylic acids is 1. The van der Waals surface area contributed by atoms with Gasteiger partial charge in [-0.05, 0) is 43.0 Å². The molecular weight excluding hydrogens is 321 g/mol. The van der Waals surface area contributed by atoms with Crippen LogP contribution in [0, 0.1) is 18.7 Å². The van der Waals surface area contributed by atoms with Crippen molar-refractivity contribution < 1.29 is 19.1 Å². The average molecular weight is 343 g/mol. The third-order valence-electron chi connectivity index (χ3n) is 4.01. The van der Waals surface area contributed by atoms with Gasteiger partial charge in [-0.2, -0.15) is 0 Å². The molecule has 0 aliphatic rings. The van der Waals surface area contributed by atoms with Gasteiger partial charge in [0, 0.05) is 13.0 Å². The molecular formula is C20H22FNO3. The summed E-state index contributed by atoms with van der Waals surface area (Å²) in [6, 6.07) is 13.7. The molecule has 0 aromatic heterocycles. The fraction of sp³-hybridized carbons (Fsp3) is 0.300. The lowest BCUT2D eigenvalue weighted by Gasteiger charge is -2.14. The fourth-order valence-corrected chi connectivity index (χ4v) is 2.60. The van der Waals surface area contributed by atoms with E-state index in [1.165, 1.54) is 12.1 Å². The molecule has 1 unspecified atom stereocenters. The van der Waals surface area contributed by atoms with Crippen LogP contribution in [-0.2, 0) is 22.4 Å². The Morgan fingerprint density at radius 1 is 1.12 bits per heavy atom. The zero-order valence-electron chi connectivity index (χ0n) is 14.2.